The van der Waals surface area contributed by atoms with E-state index < -0.39 is 5.97 Å². The van der Waals surface area contributed by atoms with Crippen LogP contribution in [-0.2, 0) is 16.8 Å². The highest BCUT2D eigenvalue weighted by Gasteiger charge is 2.41. The summed E-state index contributed by atoms with van der Waals surface area (Å²) in [5.41, 5.74) is 1.92. The Bertz CT molecular complexity index is 598. The first-order chi connectivity index (χ1) is 9.25. The summed E-state index contributed by atoms with van der Waals surface area (Å²) in [6.45, 7) is 7.81. The molecule has 1 aromatic rings. The molecule has 1 aliphatic rings. The van der Waals surface area contributed by atoms with Crippen molar-refractivity contribution in [3.8, 4) is 0 Å². The van der Waals surface area contributed by atoms with Gasteiger partial charge >= 0.3 is 11.7 Å². The van der Waals surface area contributed by atoms with Crippen molar-refractivity contribution in [2.75, 3.05) is 0 Å². The molecule has 0 amide bonds. The zero-order chi connectivity index (χ0) is 15.1. The van der Waals surface area contributed by atoms with E-state index in [1.165, 1.54) is 0 Å². The Morgan fingerprint density at radius 2 is 2.00 bits per heavy atom. The molecule has 0 atom stereocenters. The van der Waals surface area contributed by atoms with Crippen LogP contribution in [0.1, 0.15) is 50.1 Å². The SMILES string of the molecule is Cc1nc(=O)n(C(C)(C)C2CC2)c(C)c1CCC(=O)O. The largest absolute Gasteiger partial charge is 0.481 e. The van der Waals surface area contributed by atoms with Crippen LogP contribution in [-0.4, -0.2) is 20.6 Å². The molecule has 1 aliphatic carbocycles. The van der Waals surface area contributed by atoms with Crippen LogP contribution < -0.4 is 5.69 Å². The topological polar surface area (TPSA) is 72.2 Å². The Hall–Kier alpha value is -1.65. The summed E-state index contributed by atoms with van der Waals surface area (Å²) in [6, 6.07) is 0. The number of aliphatic carboxylic acids is 1. The highest BCUT2D eigenvalue weighted by molar-refractivity contribution is 5.67. The van der Waals surface area contributed by atoms with Gasteiger partial charge in [-0.1, -0.05) is 0 Å². The number of carboxylic acid groups (broad SMARTS) is 1. The van der Waals surface area contributed by atoms with Gasteiger partial charge in [0.05, 0.1) is 0 Å². The van der Waals surface area contributed by atoms with Crippen LogP contribution in [0.4, 0.5) is 0 Å². The van der Waals surface area contributed by atoms with Crippen molar-refractivity contribution >= 4 is 5.97 Å². The monoisotopic (exact) mass is 278 g/mol. The summed E-state index contributed by atoms with van der Waals surface area (Å²) >= 11 is 0. The van der Waals surface area contributed by atoms with E-state index in [2.05, 4.69) is 18.8 Å². The second-order valence-corrected chi connectivity index (χ2v) is 6.20. The molecule has 0 aromatic carbocycles. The van der Waals surface area contributed by atoms with Crippen molar-refractivity contribution in [2.45, 2.75) is 58.9 Å². The third kappa shape index (κ3) is 2.62. The summed E-state index contributed by atoms with van der Waals surface area (Å²) < 4.78 is 1.76. The molecule has 1 heterocycles. The van der Waals surface area contributed by atoms with Crippen molar-refractivity contribution in [3.63, 3.8) is 0 Å². The lowest BCUT2D eigenvalue weighted by molar-refractivity contribution is -0.136. The molecule has 0 unspecified atom stereocenters. The van der Waals surface area contributed by atoms with Gasteiger partial charge in [0.25, 0.3) is 0 Å². The summed E-state index contributed by atoms with van der Waals surface area (Å²) in [7, 11) is 0. The normalized spacial score (nSPS) is 15.4. The van der Waals surface area contributed by atoms with Gasteiger partial charge in [0, 0.05) is 23.3 Å². The number of nitrogens with zero attached hydrogens (tertiary/aromatic N) is 2. The molecular formula is C15H22N2O3. The van der Waals surface area contributed by atoms with Gasteiger partial charge in [-0.3, -0.25) is 9.36 Å². The van der Waals surface area contributed by atoms with E-state index in [0.29, 0.717) is 18.0 Å². The van der Waals surface area contributed by atoms with E-state index in [9.17, 15) is 9.59 Å². The number of hydrogen-bond donors (Lipinski definition) is 1. The van der Waals surface area contributed by atoms with Crippen LogP contribution in [0.5, 0.6) is 0 Å². The van der Waals surface area contributed by atoms with E-state index in [0.717, 1.165) is 24.1 Å². The molecule has 110 valence electrons. The van der Waals surface area contributed by atoms with Crippen LogP contribution in [0.2, 0.25) is 0 Å². The highest BCUT2D eigenvalue weighted by Crippen LogP contribution is 2.43. The number of hydrogen-bond acceptors (Lipinski definition) is 3. The second-order valence-electron chi connectivity index (χ2n) is 6.20. The van der Waals surface area contributed by atoms with Crippen molar-refractivity contribution < 1.29 is 9.90 Å². The number of aryl methyl sites for hydroxylation is 1. The van der Waals surface area contributed by atoms with E-state index in [1.54, 1.807) is 11.5 Å². The highest BCUT2D eigenvalue weighted by atomic mass is 16.4. The molecule has 0 saturated heterocycles. The lowest BCUT2D eigenvalue weighted by Gasteiger charge is -2.30. The molecule has 1 N–H and O–H groups in total. The Kier molecular flexibility index (Phi) is 3.71. The maximum Gasteiger partial charge on any atom is 0.348 e. The molecule has 0 radical (unpaired) electrons. The lowest BCUT2D eigenvalue weighted by Crippen LogP contribution is -2.41. The van der Waals surface area contributed by atoms with Crippen molar-refractivity contribution in [3.05, 3.63) is 27.4 Å². The van der Waals surface area contributed by atoms with Gasteiger partial charge < -0.3 is 5.11 Å². The number of rotatable bonds is 5. The molecule has 1 saturated carbocycles. The van der Waals surface area contributed by atoms with Gasteiger partial charge in [-0.25, -0.2) is 4.79 Å². The van der Waals surface area contributed by atoms with Gasteiger partial charge in [-0.2, -0.15) is 4.98 Å². The predicted octanol–water partition coefficient (Wildman–Crippen LogP) is 2.02. The minimum absolute atomic E-state index is 0.0609. The Labute approximate surface area is 118 Å². The minimum Gasteiger partial charge on any atom is -0.481 e. The molecule has 1 aromatic heterocycles. The third-order valence-electron chi connectivity index (χ3n) is 4.41. The van der Waals surface area contributed by atoms with E-state index in [1.807, 2.05) is 6.92 Å². The molecule has 5 heteroatoms. The molecule has 5 nitrogen and oxygen atoms in total. The zero-order valence-corrected chi connectivity index (χ0v) is 12.6. The van der Waals surface area contributed by atoms with Crippen LogP contribution >= 0.6 is 0 Å². The predicted molar refractivity (Wildman–Crippen MR) is 76.0 cm³/mol. The van der Waals surface area contributed by atoms with Gasteiger partial charge in [0.2, 0.25) is 0 Å². The Morgan fingerprint density at radius 3 is 2.50 bits per heavy atom. The number of carboxylic acids is 1. The number of carbonyl (C=O) groups is 1. The zero-order valence-electron chi connectivity index (χ0n) is 12.6. The average Bonchev–Trinajstić information content (AvgIpc) is 3.10. The van der Waals surface area contributed by atoms with E-state index >= 15 is 0 Å². The van der Waals surface area contributed by atoms with E-state index in [4.69, 9.17) is 5.11 Å². The summed E-state index contributed by atoms with van der Waals surface area (Å²) in [4.78, 5) is 27.1. The van der Waals surface area contributed by atoms with Gasteiger partial charge in [-0.15, -0.1) is 0 Å². The first-order valence-electron chi connectivity index (χ1n) is 7.06. The average molecular weight is 278 g/mol. The Morgan fingerprint density at radius 1 is 1.40 bits per heavy atom. The molecule has 1 fully saturated rings. The van der Waals surface area contributed by atoms with Gasteiger partial charge in [-0.05, 0) is 58.4 Å². The fourth-order valence-electron chi connectivity index (χ4n) is 3.05. The summed E-state index contributed by atoms with van der Waals surface area (Å²) in [6.07, 6.45) is 2.75. The van der Waals surface area contributed by atoms with Crippen LogP contribution in [0, 0.1) is 19.8 Å². The molecular weight excluding hydrogens is 256 g/mol. The van der Waals surface area contributed by atoms with Crippen LogP contribution in [0.15, 0.2) is 4.79 Å². The fourth-order valence-corrected chi connectivity index (χ4v) is 3.05. The minimum atomic E-state index is -0.831. The quantitative estimate of drug-likeness (QED) is 0.894. The molecule has 2 rings (SSSR count). The van der Waals surface area contributed by atoms with Crippen LogP contribution in [0.3, 0.4) is 0 Å². The van der Waals surface area contributed by atoms with Gasteiger partial charge in [0.15, 0.2) is 0 Å². The van der Waals surface area contributed by atoms with Crippen molar-refractivity contribution in [1.29, 1.82) is 0 Å². The Balaban J connectivity index is 2.49. The second kappa shape index (κ2) is 5.04. The fraction of sp³-hybridized carbons (Fsp3) is 0.667. The van der Waals surface area contributed by atoms with Crippen molar-refractivity contribution in [2.24, 2.45) is 5.92 Å². The maximum atomic E-state index is 12.3. The maximum absolute atomic E-state index is 12.3. The third-order valence-corrected chi connectivity index (χ3v) is 4.41. The molecule has 20 heavy (non-hydrogen) atoms. The van der Waals surface area contributed by atoms with Crippen molar-refractivity contribution in [1.82, 2.24) is 9.55 Å². The molecule has 0 bridgehead atoms. The standard InChI is InChI=1S/C15H22N2O3/c1-9-12(7-8-13(18)19)10(2)17(14(20)16-9)15(3,4)11-5-6-11/h11H,5-8H2,1-4H3,(H,18,19). The first-order valence-corrected chi connectivity index (χ1v) is 7.06. The molecule has 0 spiro atoms. The summed E-state index contributed by atoms with van der Waals surface area (Å²) in [5.74, 6) is -0.321. The smallest absolute Gasteiger partial charge is 0.348 e. The summed E-state index contributed by atoms with van der Waals surface area (Å²) in [5, 5.41) is 8.85. The lowest BCUT2D eigenvalue weighted by atomic mass is 9.96. The first kappa shape index (κ1) is 14.8. The number of aromatic nitrogens is 2. The van der Waals surface area contributed by atoms with Gasteiger partial charge in [0.1, 0.15) is 0 Å². The molecule has 0 aliphatic heterocycles. The van der Waals surface area contributed by atoms with E-state index in [-0.39, 0.29) is 17.6 Å². The van der Waals surface area contributed by atoms with Crippen LogP contribution in [0.25, 0.3) is 0 Å².